The summed E-state index contributed by atoms with van der Waals surface area (Å²) in [7, 11) is 0. The maximum atomic E-state index is 12.0. The molecule has 1 amide bonds. The number of nitrogens with two attached hydrogens (primary N) is 1. The average Bonchev–Trinajstić information content (AvgIpc) is 3.22. The van der Waals surface area contributed by atoms with Crippen molar-refractivity contribution in [3.8, 4) is 0 Å². The number of aromatic nitrogens is 2. The molecule has 23 heavy (non-hydrogen) atoms. The van der Waals surface area contributed by atoms with Crippen molar-refractivity contribution in [2.45, 2.75) is 38.6 Å². The van der Waals surface area contributed by atoms with E-state index in [1.807, 2.05) is 25.1 Å². The number of para-hydroxylation sites is 1. The molecule has 1 aliphatic carbocycles. The Hall–Kier alpha value is -1.30. The zero-order valence-corrected chi connectivity index (χ0v) is 14.8. The van der Waals surface area contributed by atoms with Crippen LogP contribution in [0, 0.1) is 12.8 Å². The first-order chi connectivity index (χ1) is 10.2. The number of aryl methyl sites for hydroxylation is 2. The molecule has 0 saturated heterocycles. The Balaban J connectivity index is 0.00000132. The van der Waals surface area contributed by atoms with Crippen molar-refractivity contribution in [1.29, 1.82) is 0 Å². The first-order valence-electron chi connectivity index (χ1n) is 7.61. The predicted octanol–water partition coefficient (Wildman–Crippen LogP) is 2.50. The smallest absolute Gasteiger partial charge is 0.220 e. The van der Waals surface area contributed by atoms with Gasteiger partial charge in [0, 0.05) is 25.4 Å². The third-order valence-corrected chi connectivity index (χ3v) is 4.14. The van der Waals surface area contributed by atoms with Gasteiger partial charge in [-0.3, -0.25) is 4.79 Å². The van der Waals surface area contributed by atoms with E-state index in [0.29, 0.717) is 25.3 Å². The molecule has 5 nitrogen and oxygen atoms in total. The van der Waals surface area contributed by atoms with Crippen molar-refractivity contribution < 1.29 is 4.79 Å². The summed E-state index contributed by atoms with van der Waals surface area (Å²) in [5, 5.41) is 3.04. The number of amides is 1. The molecule has 0 radical (unpaired) electrons. The highest BCUT2D eigenvalue weighted by Gasteiger charge is 2.31. The van der Waals surface area contributed by atoms with Crippen molar-refractivity contribution in [2.24, 2.45) is 11.7 Å². The van der Waals surface area contributed by atoms with Crippen LogP contribution in [0.5, 0.6) is 0 Å². The number of aromatic amines is 1. The van der Waals surface area contributed by atoms with Gasteiger partial charge in [0.25, 0.3) is 0 Å². The van der Waals surface area contributed by atoms with Gasteiger partial charge in [-0.2, -0.15) is 0 Å². The molecular weight excluding hydrogens is 335 g/mol. The molecule has 1 heterocycles. The minimum Gasteiger partial charge on any atom is -0.352 e. The minimum absolute atomic E-state index is 0. The Kier molecular flexibility index (Phi) is 7.32. The fourth-order valence-electron chi connectivity index (χ4n) is 2.72. The lowest BCUT2D eigenvalue weighted by atomic mass is 10.1. The van der Waals surface area contributed by atoms with Gasteiger partial charge in [-0.15, -0.1) is 24.8 Å². The van der Waals surface area contributed by atoms with Gasteiger partial charge in [0.2, 0.25) is 5.91 Å². The summed E-state index contributed by atoms with van der Waals surface area (Å²) < 4.78 is 0. The molecular formula is C16H24Cl2N4O. The van der Waals surface area contributed by atoms with Crippen LogP contribution in [0.15, 0.2) is 18.2 Å². The second-order valence-corrected chi connectivity index (χ2v) is 5.90. The molecule has 1 aromatic heterocycles. The van der Waals surface area contributed by atoms with E-state index in [-0.39, 0.29) is 36.8 Å². The third-order valence-electron chi connectivity index (χ3n) is 4.14. The number of nitrogens with one attached hydrogen (secondary N) is 2. The van der Waals surface area contributed by atoms with E-state index in [9.17, 15) is 4.79 Å². The van der Waals surface area contributed by atoms with Crippen LogP contribution in [0.1, 0.15) is 30.7 Å². The van der Waals surface area contributed by atoms with E-state index in [1.165, 1.54) is 12.8 Å². The number of hydrogen-bond donors (Lipinski definition) is 3. The summed E-state index contributed by atoms with van der Waals surface area (Å²) >= 11 is 0. The van der Waals surface area contributed by atoms with Crippen molar-refractivity contribution in [1.82, 2.24) is 15.3 Å². The number of imidazole rings is 1. The zero-order valence-electron chi connectivity index (χ0n) is 13.2. The standard InChI is InChI=1S/C16H22N4O.2ClH/c1-10-3-2-4-12-16(10)20-14(18-12)7-8-15(21)19-13(9-17)11-5-6-11;;/h2-4,11,13H,5-9,17H2,1H3,(H,18,20)(H,19,21);2*1H. The topological polar surface area (TPSA) is 83.8 Å². The van der Waals surface area contributed by atoms with Gasteiger partial charge in [-0.1, -0.05) is 12.1 Å². The fourth-order valence-corrected chi connectivity index (χ4v) is 2.72. The van der Waals surface area contributed by atoms with Crippen LogP contribution in [-0.4, -0.2) is 28.5 Å². The molecule has 1 unspecified atom stereocenters. The summed E-state index contributed by atoms with van der Waals surface area (Å²) in [5.74, 6) is 1.52. The minimum atomic E-state index is 0. The SMILES string of the molecule is Cc1cccc2[nH]c(CCC(=O)NC(CN)C3CC3)nc12.Cl.Cl. The van der Waals surface area contributed by atoms with Crippen LogP contribution in [0.4, 0.5) is 0 Å². The monoisotopic (exact) mass is 358 g/mol. The molecule has 7 heteroatoms. The number of carbonyl (C=O) groups is 1. The Bertz CT molecular complexity index is 655. The maximum Gasteiger partial charge on any atom is 0.220 e. The largest absolute Gasteiger partial charge is 0.352 e. The van der Waals surface area contributed by atoms with Crippen LogP contribution >= 0.6 is 24.8 Å². The van der Waals surface area contributed by atoms with Crippen molar-refractivity contribution in [3.63, 3.8) is 0 Å². The number of nitrogens with zero attached hydrogens (tertiary/aromatic N) is 1. The second-order valence-electron chi connectivity index (χ2n) is 5.90. The molecule has 0 aliphatic heterocycles. The Morgan fingerprint density at radius 1 is 1.43 bits per heavy atom. The zero-order chi connectivity index (χ0) is 14.8. The number of H-pyrrole nitrogens is 1. The third kappa shape index (κ3) is 4.83. The highest BCUT2D eigenvalue weighted by atomic mass is 35.5. The molecule has 0 bridgehead atoms. The predicted molar refractivity (Wildman–Crippen MR) is 97.4 cm³/mol. The molecule has 3 rings (SSSR count). The van der Waals surface area contributed by atoms with E-state index in [2.05, 4.69) is 15.3 Å². The van der Waals surface area contributed by atoms with Crippen molar-refractivity contribution in [3.05, 3.63) is 29.6 Å². The average molecular weight is 359 g/mol. The number of benzene rings is 1. The molecule has 2 aromatic rings. The lowest BCUT2D eigenvalue weighted by Crippen LogP contribution is -2.41. The van der Waals surface area contributed by atoms with Crippen LogP contribution in [0.25, 0.3) is 11.0 Å². The number of halogens is 2. The number of fused-ring (bicyclic) bond motifs is 1. The Morgan fingerprint density at radius 2 is 2.17 bits per heavy atom. The quantitative estimate of drug-likeness (QED) is 0.741. The van der Waals surface area contributed by atoms with Crippen molar-refractivity contribution >= 4 is 41.8 Å². The van der Waals surface area contributed by atoms with E-state index in [0.717, 1.165) is 22.4 Å². The summed E-state index contributed by atoms with van der Waals surface area (Å²) in [6.07, 6.45) is 3.44. The lowest BCUT2D eigenvalue weighted by molar-refractivity contribution is -0.121. The van der Waals surface area contributed by atoms with E-state index in [1.54, 1.807) is 0 Å². The summed E-state index contributed by atoms with van der Waals surface area (Å²) in [6, 6.07) is 6.21. The van der Waals surface area contributed by atoms with Crippen molar-refractivity contribution in [2.75, 3.05) is 6.54 Å². The maximum absolute atomic E-state index is 12.0. The van der Waals surface area contributed by atoms with Gasteiger partial charge in [-0.05, 0) is 37.3 Å². The molecule has 128 valence electrons. The van der Waals surface area contributed by atoms with Gasteiger partial charge in [0.05, 0.1) is 11.0 Å². The van der Waals surface area contributed by atoms with Gasteiger partial charge in [-0.25, -0.2) is 4.98 Å². The van der Waals surface area contributed by atoms with Crippen LogP contribution < -0.4 is 11.1 Å². The van der Waals surface area contributed by atoms with Gasteiger partial charge in [0.15, 0.2) is 0 Å². The molecule has 4 N–H and O–H groups in total. The Labute approximate surface area is 148 Å². The van der Waals surface area contributed by atoms with Gasteiger partial charge >= 0.3 is 0 Å². The van der Waals surface area contributed by atoms with E-state index in [4.69, 9.17) is 5.73 Å². The number of carbonyl (C=O) groups excluding carboxylic acids is 1. The molecule has 0 spiro atoms. The summed E-state index contributed by atoms with van der Waals surface area (Å²) in [5.41, 5.74) is 8.88. The van der Waals surface area contributed by atoms with Gasteiger partial charge in [0.1, 0.15) is 5.82 Å². The highest BCUT2D eigenvalue weighted by Crippen LogP contribution is 2.32. The Morgan fingerprint density at radius 3 is 2.78 bits per heavy atom. The summed E-state index contributed by atoms with van der Waals surface area (Å²) in [6.45, 7) is 2.57. The second kappa shape index (κ2) is 8.52. The first kappa shape index (κ1) is 19.7. The van der Waals surface area contributed by atoms with E-state index >= 15 is 0 Å². The highest BCUT2D eigenvalue weighted by molar-refractivity contribution is 5.85. The molecule has 1 fully saturated rings. The lowest BCUT2D eigenvalue weighted by Gasteiger charge is -2.15. The number of rotatable bonds is 6. The fraction of sp³-hybridized carbons (Fsp3) is 0.500. The molecule has 1 saturated carbocycles. The first-order valence-corrected chi connectivity index (χ1v) is 7.61. The van der Waals surface area contributed by atoms with E-state index < -0.39 is 0 Å². The van der Waals surface area contributed by atoms with Crippen LogP contribution in [0.3, 0.4) is 0 Å². The summed E-state index contributed by atoms with van der Waals surface area (Å²) in [4.78, 5) is 19.8. The van der Waals surface area contributed by atoms with Crippen LogP contribution in [0.2, 0.25) is 0 Å². The normalized spacial score (nSPS) is 14.7. The molecule has 1 atom stereocenters. The number of hydrogen-bond acceptors (Lipinski definition) is 3. The molecule has 1 aliphatic rings. The van der Waals surface area contributed by atoms with Gasteiger partial charge < -0.3 is 16.0 Å². The van der Waals surface area contributed by atoms with Crippen LogP contribution in [-0.2, 0) is 11.2 Å². The molecule has 1 aromatic carbocycles.